The normalized spacial score (nSPS) is 14.0. The van der Waals surface area contributed by atoms with Gasteiger partial charge < -0.3 is 31.5 Å². The molecule has 0 heterocycles. The van der Waals surface area contributed by atoms with Gasteiger partial charge in [-0.15, -0.1) is 0 Å². The number of nitrogens with zero attached hydrogens (tertiary/aromatic N) is 3. The highest BCUT2D eigenvalue weighted by molar-refractivity contribution is 5.88. The molecule has 0 saturated heterocycles. The van der Waals surface area contributed by atoms with Crippen LogP contribution in [0.2, 0.25) is 0 Å². The van der Waals surface area contributed by atoms with Crippen LogP contribution in [0.4, 0.5) is 0 Å². The lowest BCUT2D eigenvalue weighted by Crippen LogP contribution is -2.56. The van der Waals surface area contributed by atoms with Crippen LogP contribution in [0.5, 0.6) is 0 Å². The smallest absolute Gasteiger partial charge is 0.317 e. The predicted molar refractivity (Wildman–Crippen MR) is 153 cm³/mol. The first-order valence-electron chi connectivity index (χ1n) is 14.4. The van der Waals surface area contributed by atoms with Crippen LogP contribution in [0.1, 0.15) is 51.4 Å². The average molecular weight is 632 g/mol. The SMILES string of the molecule is NC1(C(=O)NNC(=O)CCCCCNC(=O)CN(CCN(CC(=O)O)CC(=O)O)CCN(CC(=O)O)CC(=O)O)CCCC1. The summed E-state index contributed by atoms with van der Waals surface area (Å²) in [5, 5.41) is 39.0. The van der Waals surface area contributed by atoms with Crippen LogP contribution >= 0.6 is 0 Å². The van der Waals surface area contributed by atoms with Crippen molar-refractivity contribution in [2.24, 2.45) is 5.73 Å². The molecule has 0 aliphatic heterocycles. The van der Waals surface area contributed by atoms with E-state index in [-0.39, 0.29) is 51.6 Å². The molecule has 0 aromatic carbocycles. The third kappa shape index (κ3) is 17.3. The molecule has 1 aliphatic rings. The molecular weight excluding hydrogens is 586 g/mol. The van der Waals surface area contributed by atoms with Gasteiger partial charge in [0.25, 0.3) is 5.91 Å². The van der Waals surface area contributed by atoms with E-state index in [0.717, 1.165) is 22.6 Å². The Balaban J connectivity index is 2.52. The molecule has 0 bridgehead atoms. The molecule has 1 rings (SSSR count). The Labute approximate surface area is 254 Å². The number of hydrazine groups is 1. The first-order valence-corrected chi connectivity index (χ1v) is 14.4. The molecule has 0 unspecified atom stereocenters. The van der Waals surface area contributed by atoms with Gasteiger partial charge in [-0.3, -0.25) is 59.1 Å². The monoisotopic (exact) mass is 631 g/mol. The van der Waals surface area contributed by atoms with Crippen LogP contribution in [0.25, 0.3) is 0 Å². The van der Waals surface area contributed by atoms with E-state index in [1.807, 2.05) is 0 Å². The van der Waals surface area contributed by atoms with Crippen LogP contribution in [-0.4, -0.2) is 148 Å². The summed E-state index contributed by atoms with van der Waals surface area (Å²) in [7, 11) is 0. The average Bonchev–Trinajstić information content (AvgIpc) is 3.36. The number of carboxylic acids is 4. The summed E-state index contributed by atoms with van der Waals surface area (Å²) in [6, 6.07) is 0. The lowest BCUT2D eigenvalue weighted by atomic mass is 9.99. The first-order chi connectivity index (χ1) is 20.7. The maximum atomic E-state index is 12.6. The number of nitrogens with one attached hydrogen (secondary N) is 3. The number of hydrogen-bond donors (Lipinski definition) is 8. The van der Waals surface area contributed by atoms with Gasteiger partial charge >= 0.3 is 23.9 Å². The minimum absolute atomic E-state index is 0.0292. The van der Waals surface area contributed by atoms with Crippen molar-refractivity contribution in [2.75, 3.05) is 65.4 Å². The minimum atomic E-state index is -1.24. The second kappa shape index (κ2) is 20.2. The van der Waals surface area contributed by atoms with E-state index in [2.05, 4.69) is 16.2 Å². The maximum Gasteiger partial charge on any atom is 0.317 e. The number of nitrogens with two attached hydrogens (primary N) is 1. The van der Waals surface area contributed by atoms with Crippen LogP contribution < -0.4 is 21.9 Å². The van der Waals surface area contributed by atoms with Crippen molar-refractivity contribution in [3.63, 3.8) is 0 Å². The summed E-state index contributed by atoms with van der Waals surface area (Å²) in [5.74, 6) is -6.12. The Morgan fingerprint density at radius 2 is 1.05 bits per heavy atom. The Kier molecular flexibility index (Phi) is 17.5. The van der Waals surface area contributed by atoms with Gasteiger partial charge in [0.1, 0.15) is 0 Å². The third-order valence-electron chi connectivity index (χ3n) is 6.93. The van der Waals surface area contributed by atoms with Crippen LogP contribution in [0.15, 0.2) is 0 Å². The molecule has 1 saturated carbocycles. The molecule has 18 nitrogen and oxygen atoms in total. The van der Waals surface area contributed by atoms with Gasteiger partial charge in [-0.05, 0) is 25.7 Å². The van der Waals surface area contributed by atoms with Gasteiger partial charge in [-0.25, -0.2) is 0 Å². The maximum absolute atomic E-state index is 12.6. The quantitative estimate of drug-likeness (QED) is 0.0422. The largest absolute Gasteiger partial charge is 0.480 e. The molecule has 1 aliphatic carbocycles. The van der Waals surface area contributed by atoms with E-state index in [0.29, 0.717) is 32.1 Å². The van der Waals surface area contributed by atoms with Gasteiger partial charge in [-0.2, -0.15) is 0 Å². The molecular formula is C26H45N7O11. The second-order valence-corrected chi connectivity index (χ2v) is 10.8. The molecule has 44 heavy (non-hydrogen) atoms. The number of rotatable bonds is 23. The van der Waals surface area contributed by atoms with E-state index in [9.17, 15) is 33.6 Å². The van der Waals surface area contributed by atoms with E-state index in [1.54, 1.807) is 4.90 Å². The van der Waals surface area contributed by atoms with Crippen molar-refractivity contribution in [2.45, 2.75) is 56.9 Å². The number of carbonyl (C=O) groups is 7. The Bertz CT molecular complexity index is 933. The summed E-state index contributed by atoms with van der Waals surface area (Å²) in [6.45, 7) is -2.04. The summed E-state index contributed by atoms with van der Waals surface area (Å²) < 4.78 is 0. The van der Waals surface area contributed by atoms with E-state index < -0.39 is 67.4 Å². The molecule has 0 aromatic rings. The van der Waals surface area contributed by atoms with Gasteiger partial charge in [0.15, 0.2) is 0 Å². The van der Waals surface area contributed by atoms with Crippen molar-refractivity contribution < 1.29 is 54.0 Å². The van der Waals surface area contributed by atoms with Crippen molar-refractivity contribution in [3.05, 3.63) is 0 Å². The highest BCUT2D eigenvalue weighted by Crippen LogP contribution is 2.26. The van der Waals surface area contributed by atoms with Gasteiger partial charge in [0.2, 0.25) is 11.8 Å². The number of carbonyl (C=O) groups excluding carboxylic acids is 3. The zero-order valence-corrected chi connectivity index (χ0v) is 24.8. The van der Waals surface area contributed by atoms with E-state index >= 15 is 0 Å². The topological polar surface area (TPSA) is 272 Å². The number of aliphatic carboxylic acids is 4. The van der Waals surface area contributed by atoms with Crippen molar-refractivity contribution in [3.8, 4) is 0 Å². The first kappa shape index (κ1) is 38.2. The van der Waals surface area contributed by atoms with E-state index in [4.69, 9.17) is 26.2 Å². The Morgan fingerprint density at radius 1 is 0.591 bits per heavy atom. The second-order valence-electron chi connectivity index (χ2n) is 10.8. The highest BCUT2D eigenvalue weighted by Gasteiger charge is 2.37. The number of unbranched alkanes of at least 4 members (excludes halogenated alkanes) is 2. The number of hydrogen-bond acceptors (Lipinski definition) is 11. The molecule has 250 valence electrons. The zero-order chi connectivity index (χ0) is 33.1. The van der Waals surface area contributed by atoms with Gasteiger partial charge in [-0.1, -0.05) is 19.3 Å². The van der Waals surface area contributed by atoms with Crippen LogP contribution in [0, 0.1) is 0 Å². The fourth-order valence-corrected chi connectivity index (χ4v) is 4.65. The highest BCUT2D eigenvalue weighted by atomic mass is 16.4. The molecule has 3 amide bonds. The summed E-state index contributed by atoms with van der Waals surface area (Å²) >= 11 is 0. The Hall–Kier alpha value is -3.87. The summed E-state index contributed by atoms with van der Waals surface area (Å²) in [5.41, 5.74) is 9.83. The molecule has 9 N–H and O–H groups in total. The molecule has 0 radical (unpaired) electrons. The molecule has 0 atom stereocenters. The van der Waals surface area contributed by atoms with Gasteiger partial charge in [0, 0.05) is 39.1 Å². The number of carboxylic acid groups (broad SMARTS) is 4. The lowest BCUT2D eigenvalue weighted by Gasteiger charge is -2.28. The molecule has 0 aromatic heterocycles. The standard InChI is InChI=1S/C26H45N7O11/c27-26(7-3-4-8-26)25(44)30-29-19(34)6-2-1-5-9-28-20(35)14-31(10-12-32(15-21(36)37)16-22(38)39)11-13-33(17-23(40)41)18-24(42)43/h1-18,27H2,(H,28,35)(H,29,34)(H,30,44)(H,36,37)(H,38,39)(H,40,41)(H,42,43). The predicted octanol–water partition coefficient (Wildman–Crippen LogP) is -2.67. The minimum Gasteiger partial charge on any atom is -0.480 e. The summed E-state index contributed by atoms with van der Waals surface area (Å²) in [6.07, 6.45) is 4.68. The molecule has 0 spiro atoms. The Morgan fingerprint density at radius 3 is 1.50 bits per heavy atom. The lowest BCUT2D eigenvalue weighted by molar-refractivity contribution is -0.143. The van der Waals surface area contributed by atoms with Crippen LogP contribution in [-0.2, 0) is 33.6 Å². The van der Waals surface area contributed by atoms with E-state index in [1.165, 1.54) is 0 Å². The molecule has 1 fully saturated rings. The fraction of sp³-hybridized carbons (Fsp3) is 0.731. The van der Waals surface area contributed by atoms with Gasteiger partial charge in [0.05, 0.1) is 38.3 Å². The third-order valence-corrected chi connectivity index (χ3v) is 6.93. The van der Waals surface area contributed by atoms with Crippen molar-refractivity contribution in [1.82, 2.24) is 30.9 Å². The van der Waals surface area contributed by atoms with Crippen LogP contribution in [0.3, 0.4) is 0 Å². The van der Waals surface area contributed by atoms with Crippen molar-refractivity contribution in [1.29, 1.82) is 0 Å². The molecule has 18 heteroatoms. The fourth-order valence-electron chi connectivity index (χ4n) is 4.65. The summed E-state index contributed by atoms with van der Waals surface area (Å²) in [4.78, 5) is 85.1. The number of amides is 3. The zero-order valence-electron chi connectivity index (χ0n) is 24.8. The van der Waals surface area contributed by atoms with Crippen molar-refractivity contribution >= 4 is 41.6 Å².